The molecule has 0 spiro atoms. The maximum Gasteiger partial charge on any atom is 0.233 e. The Kier molecular flexibility index (Phi) is 3.18. The van der Waals surface area contributed by atoms with E-state index in [9.17, 15) is 0 Å². The standard InChI is InChI=1S/C12H15ClN2O2/c13-11-3-8(4-14-9-1-2-9)5-15-12(11)17-10-6-16-7-10/h3,5,9-10,14H,1-2,4,6-7H2. The van der Waals surface area contributed by atoms with Gasteiger partial charge in [-0.1, -0.05) is 11.6 Å². The number of aromatic nitrogens is 1. The molecular formula is C12H15ClN2O2. The van der Waals surface area contributed by atoms with E-state index in [0.29, 0.717) is 30.2 Å². The van der Waals surface area contributed by atoms with Gasteiger partial charge in [0.15, 0.2) is 0 Å². The van der Waals surface area contributed by atoms with E-state index in [1.807, 2.05) is 12.3 Å². The van der Waals surface area contributed by atoms with Crippen LogP contribution in [0.5, 0.6) is 5.88 Å². The largest absolute Gasteiger partial charge is 0.468 e. The van der Waals surface area contributed by atoms with Crippen LogP contribution in [0.2, 0.25) is 5.02 Å². The predicted octanol–water partition coefficient (Wildman–Crippen LogP) is 1.76. The second kappa shape index (κ2) is 4.80. The first-order valence-electron chi connectivity index (χ1n) is 5.93. The Morgan fingerprint density at radius 2 is 2.29 bits per heavy atom. The Hall–Kier alpha value is -0.840. The van der Waals surface area contributed by atoms with Crippen molar-refractivity contribution in [3.8, 4) is 5.88 Å². The molecule has 2 heterocycles. The number of nitrogens with zero attached hydrogens (tertiary/aromatic N) is 1. The third kappa shape index (κ3) is 2.89. The normalized spacial score (nSPS) is 20.1. The summed E-state index contributed by atoms with van der Waals surface area (Å²) in [5, 5.41) is 4.00. The summed E-state index contributed by atoms with van der Waals surface area (Å²) in [6.07, 6.45) is 4.49. The molecule has 1 aromatic rings. The smallest absolute Gasteiger partial charge is 0.233 e. The van der Waals surface area contributed by atoms with Crippen LogP contribution < -0.4 is 10.1 Å². The van der Waals surface area contributed by atoms with Crippen molar-refractivity contribution in [2.24, 2.45) is 0 Å². The molecule has 0 amide bonds. The van der Waals surface area contributed by atoms with E-state index in [2.05, 4.69) is 10.3 Å². The average Bonchev–Trinajstić information content (AvgIpc) is 3.06. The van der Waals surface area contributed by atoms with Gasteiger partial charge in [0.05, 0.1) is 13.2 Å². The highest BCUT2D eigenvalue weighted by Gasteiger charge is 2.22. The second-order valence-electron chi connectivity index (χ2n) is 4.56. The molecule has 1 aliphatic heterocycles. The topological polar surface area (TPSA) is 43.4 Å². The quantitative estimate of drug-likeness (QED) is 0.870. The highest BCUT2D eigenvalue weighted by molar-refractivity contribution is 6.31. The minimum atomic E-state index is 0.107. The Bertz CT molecular complexity index is 405. The highest BCUT2D eigenvalue weighted by atomic mass is 35.5. The van der Waals surface area contributed by atoms with E-state index < -0.39 is 0 Å². The fourth-order valence-corrected chi connectivity index (χ4v) is 1.87. The molecule has 1 aliphatic carbocycles. The predicted molar refractivity (Wildman–Crippen MR) is 64.3 cm³/mol. The van der Waals surface area contributed by atoms with Gasteiger partial charge in [-0.05, 0) is 24.5 Å². The van der Waals surface area contributed by atoms with Crippen molar-refractivity contribution in [1.82, 2.24) is 10.3 Å². The first kappa shape index (κ1) is 11.3. The van der Waals surface area contributed by atoms with E-state index in [0.717, 1.165) is 12.1 Å². The molecule has 17 heavy (non-hydrogen) atoms. The molecule has 4 nitrogen and oxygen atoms in total. The van der Waals surface area contributed by atoms with Crippen molar-refractivity contribution < 1.29 is 9.47 Å². The molecular weight excluding hydrogens is 240 g/mol. The molecule has 0 bridgehead atoms. The van der Waals surface area contributed by atoms with E-state index in [4.69, 9.17) is 21.1 Å². The molecule has 1 saturated carbocycles. The van der Waals surface area contributed by atoms with Crippen LogP contribution in [0.3, 0.4) is 0 Å². The summed E-state index contributed by atoms with van der Waals surface area (Å²) in [4.78, 5) is 4.25. The fourth-order valence-electron chi connectivity index (χ4n) is 1.64. The third-order valence-corrected chi connectivity index (χ3v) is 3.19. The van der Waals surface area contributed by atoms with Gasteiger partial charge in [0, 0.05) is 18.8 Å². The summed E-state index contributed by atoms with van der Waals surface area (Å²) in [6, 6.07) is 2.61. The van der Waals surface area contributed by atoms with Crippen molar-refractivity contribution in [1.29, 1.82) is 0 Å². The van der Waals surface area contributed by atoms with Crippen LogP contribution in [0.25, 0.3) is 0 Å². The van der Waals surface area contributed by atoms with Gasteiger partial charge in [-0.3, -0.25) is 0 Å². The summed E-state index contributed by atoms with van der Waals surface area (Å²) < 4.78 is 10.6. The Labute approximate surface area is 105 Å². The van der Waals surface area contributed by atoms with Gasteiger partial charge in [-0.15, -0.1) is 0 Å². The van der Waals surface area contributed by atoms with Crippen LogP contribution in [0.15, 0.2) is 12.3 Å². The van der Waals surface area contributed by atoms with Crippen LogP contribution >= 0.6 is 11.6 Å². The lowest BCUT2D eigenvalue weighted by Crippen LogP contribution is -2.38. The minimum Gasteiger partial charge on any atom is -0.468 e. The molecule has 2 aliphatic rings. The zero-order valence-corrected chi connectivity index (χ0v) is 10.2. The minimum absolute atomic E-state index is 0.107. The number of halogens is 1. The van der Waals surface area contributed by atoms with Gasteiger partial charge >= 0.3 is 0 Å². The van der Waals surface area contributed by atoms with Crippen LogP contribution in [-0.2, 0) is 11.3 Å². The molecule has 3 rings (SSSR count). The molecule has 2 fully saturated rings. The molecule has 0 atom stereocenters. The Balaban J connectivity index is 1.60. The molecule has 1 N–H and O–H groups in total. The average molecular weight is 255 g/mol. The van der Waals surface area contributed by atoms with E-state index in [1.165, 1.54) is 12.8 Å². The Morgan fingerprint density at radius 3 is 2.88 bits per heavy atom. The van der Waals surface area contributed by atoms with Crippen LogP contribution in [0.1, 0.15) is 18.4 Å². The van der Waals surface area contributed by atoms with Crippen molar-refractivity contribution >= 4 is 11.6 Å². The molecule has 0 aromatic carbocycles. The van der Waals surface area contributed by atoms with E-state index in [-0.39, 0.29) is 6.10 Å². The molecule has 0 unspecified atom stereocenters. The maximum absolute atomic E-state index is 6.13. The van der Waals surface area contributed by atoms with Gasteiger partial charge in [0.25, 0.3) is 0 Å². The zero-order valence-electron chi connectivity index (χ0n) is 9.49. The zero-order chi connectivity index (χ0) is 11.7. The van der Waals surface area contributed by atoms with Crippen molar-refractivity contribution in [2.45, 2.75) is 31.5 Å². The number of ether oxygens (including phenoxy) is 2. The third-order valence-electron chi connectivity index (χ3n) is 2.92. The lowest BCUT2D eigenvalue weighted by Gasteiger charge is -2.26. The summed E-state index contributed by atoms with van der Waals surface area (Å²) in [6.45, 7) is 2.08. The Morgan fingerprint density at radius 1 is 1.47 bits per heavy atom. The van der Waals surface area contributed by atoms with Crippen LogP contribution in [0, 0.1) is 0 Å². The van der Waals surface area contributed by atoms with Gasteiger partial charge in [0.1, 0.15) is 11.1 Å². The van der Waals surface area contributed by atoms with Gasteiger partial charge < -0.3 is 14.8 Å². The number of rotatable bonds is 5. The maximum atomic E-state index is 6.13. The number of nitrogens with one attached hydrogen (secondary N) is 1. The number of hydrogen-bond donors (Lipinski definition) is 1. The lowest BCUT2D eigenvalue weighted by atomic mass is 10.3. The summed E-state index contributed by atoms with van der Waals surface area (Å²) >= 11 is 6.13. The SMILES string of the molecule is Clc1cc(CNC2CC2)cnc1OC1COC1. The summed E-state index contributed by atoms with van der Waals surface area (Å²) in [7, 11) is 0. The van der Waals surface area contributed by atoms with Crippen LogP contribution in [0.4, 0.5) is 0 Å². The number of pyridine rings is 1. The summed E-state index contributed by atoms with van der Waals surface area (Å²) in [5.41, 5.74) is 1.10. The highest BCUT2D eigenvalue weighted by Crippen LogP contribution is 2.25. The van der Waals surface area contributed by atoms with Crippen molar-refractivity contribution in [3.05, 3.63) is 22.8 Å². The monoisotopic (exact) mass is 254 g/mol. The van der Waals surface area contributed by atoms with E-state index >= 15 is 0 Å². The van der Waals surface area contributed by atoms with Gasteiger partial charge in [-0.2, -0.15) is 0 Å². The molecule has 92 valence electrons. The van der Waals surface area contributed by atoms with Gasteiger partial charge in [0.2, 0.25) is 5.88 Å². The molecule has 1 saturated heterocycles. The second-order valence-corrected chi connectivity index (χ2v) is 4.97. The van der Waals surface area contributed by atoms with Gasteiger partial charge in [-0.25, -0.2) is 4.98 Å². The summed E-state index contributed by atoms with van der Waals surface area (Å²) in [5.74, 6) is 0.509. The first-order valence-corrected chi connectivity index (χ1v) is 6.31. The lowest BCUT2D eigenvalue weighted by molar-refractivity contribution is -0.0813. The molecule has 1 aromatic heterocycles. The number of hydrogen-bond acceptors (Lipinski definition) is 4. The van der Waals surface area contributed by atoms with Crippen molar-refractivity contribution in [3.63, 3.8) is 0 Å². The molecule has 0 radical (unpaired) electrons. The van der Waals surface area contributed by atoms with Crippen molar-refractivity contribution in [2.75, 3.05) is 13.2 Å². The first-order chi connectivity index (χ1) is 8.31. The fraction of sp³-hybridized carbons (Fsp3) is 0.583. The van der Waals surface area contributed by atoms with Crippen LogP contribution in [-0.4, -0.2) is 30.3 Å². The van der Waals surface area contributed by atoms with E-state index in [1.54, 1.807) is 0 Å². The molecule has 5 heteroatoms.